The van der Waals surface area contributed by atoms with Gasteiger partial charge in [-0.15, -0.1) is 0 Å². The Labute approximate surface area is 211 Å². The summed E-state index contributed by atoms with van der Waals surface area (Å²) in [5.74, 6) is -0.715. The van der Waals surface area contributed by atoms with Crippen LogP contribution in [-0.4, -0.2) is 29.2 Å². The minimum Gasteiger partial charge on any atom is -0.507 e. The van der Waals surface area contributed by atoms with Gasteiger partial charge in [0.05, 0.1) is 10.7 Å². The molecule has 0 saturated carbocycles. The molecule has 0 amide bonds. The van der Waals surface area contributed by atoms with E-state index >= 15 is 0 Å². The number of aryl methyl sites for hydroxylation is 1. The fraction of sp³-hybridized carbons (Fsp3) is 0.115. The van der Waals surface area contributed by atoms with Gasteiger partial charge in [0.15, 0.2) is 0 Å². The maximum absolute atomic E-state index is 14.7. The molecule has 10 heteroatoms. The predicted octanol–water partition coefficient (Wildman–Crippen LogP) is 4.67. The second kappa shape index (κ2) is 9.09. The lowest BCUT2D eigenvalue weighted by atomic mass is 9.94. The largest absolute Gasteiger partial charge is 0.507 e. The van der Waals surface area contributed by atoms with E-state index in [1.54, 1.807) is 61.9 Å². The van der Waals surface area contributed by atoms with Crippen LogP contribution >= 0.6 is 11.6 Å². The third-order valence-electron chi connectivity index (χ3n) is 6.08. The Hall–Kier alpha value is -3.66. The molecule has 7 nitrogen and oxygen atoms in total. The van der Waals surface area contributed by atoms with Gasteiger partial charge in [0, 0.05) is 42.5 Å². The van der Waals surface area contributed by atoms with Crippen molar-refractivity contribution in [2.75, 3.05) is 6.54 Å². The molecule has 184 valence electrons. The SMILES string of the molecule is Cn1ccn(-c2ccc(-c3cc(F)cc(-c4cccc(C5=CS(=O)(=O)NCC5)c4)c3O)cc2Cl)c1=O. The van der Waals surface area contributed by atoms with Crippen LogP contribution in [0.2, 0.25) is 5.02 Å². The number of phenols is 1. The number of benzene rings is 3. The van der Waals surface area contributed by atoms with Crippen molar-refractivity contribution < 1.29 is 17.9 Å². The third-order valence-corrected chi connectivity index (χ3v) is 7.58. The Morgan fingerprint density at radius 1 is 1.00 bits per heavy atom. The summed E-state index contributed by atoms with van der Waals surface area (Å²) in [4.78, 5) is 12.3. The molecule has 2 heterocycles. The average molecular weight is 526 g/mol. The number of hydrogen-bond donors (Lipinski definition) is 2. The van der Waals surface area contributed by atoms with Crippen LogP contribution in [0.25, 0.3) is 33.5 Å². The first-order valence-corrected chi connectivity index (χ1v) is 12.9. The lowest BCUT2D eigenvalue weighted by molar-refractivity contribution is 0.477. The van der Waals surface area contributed by atoms with Crippen molar-refractivity contribution in [1.29, 1.82) is 0 Å². The van der Waals surface area contributed by atoms with Crippen molar-refractivity contribution in [3.8, 4) is 33.7 Å². The molecule has 0 aliphatic carbocycles. The Morgan fingerprint density at radius 2 is 1.69 bits per heavy atom. The number of nitrogens with one attached hydrogen (secondary N) is 1. The second-order valence-electron chi connectivity index (χ2n) is 8.49. The minimum absolute atomic E-state index is 0.152. The molecular formula is C26H21ClFN3O4S. The summed E-state index contributed by atoms with van der Waals surface area (Å²) in [7, 11) is -1.87. The highest BCUT2D eigenvalue weighted by Gasteiger charge is 2.19. The average Bonchev–Trinajstić information content (AvgIpc) is 3.17. The first kappa shape index (κ1) is 24.1. The molecule has 3 aromatic carbocycles. The number of phenolic OH excluding ortho intramolecular Hbond substituents is 1. The molecule has 0 bridgehead atoms. The number of aromatic hydroxyl groups is 1. The normalized spacial score (nSPS) is 15.0. The van der Waals surface area contributed by atoms with Gasteiger partial charge < -0.3 is 9.67 Å². The minimum atomic E-state index is -3.50. The number of sulfonamides is 1. The lowest BCUT2D eigenvalue weighted by Gasteiger charge is -2.16. The summed E-state index contributed by atoms with van der Waals surface area (Å²) in [6, 6.07) is 14.2. The van der Waals surface area contributed by atoms with E-state index < -0.39 is 15.8 Å². The van der Waals surface area contributed by atoms with Crippen molar-refractivity contribution in [3.63, 3.8) is 0 Å². The van der Waals surface area contributed by atoms with Gasteiger partial charge in [0.1, 0.15) is 11.6 Å². The maximum atomic E-state index is 14.7. The van der Waals surface area contributed by atoms with Crippen LogP contribution in [0.15, 0.2) is 77.2 Å². The number of aromatic nitrogens is 2. The molecular weight excluding hydrogens is 505 g/mol. The molecule has 0 spiro atoms. The van der Waals surface area contributed by atoms with E-state index in [9.17, 15) is 22.7 Å². The second-order valence-corrected chi connectivity index (χ2v) is 10.5. The van der Waals surface area contributed by atoms with E-state index in [0.717, 1.165) is 0 Å². The number of rotatable bonds is 4. The maximum Gasteiger partial charge on any atom is 0.332 e. The van der Waals surface area contributed by atoms with E-state index in [0.29, 0.717) is 40.9 Å². The molecule has 1 aromatic heterocycles. The summed E-state index contributed by atoms with van der Waals surface area (Å²) in [6.07, 6.45) is 3.72. The van der Waals surface area contributed by atoms with Crippen LogP contribution in [0.3, 0.4) is 0 Å². The van der Waals surface area contributed by atoms with E-state index in [4.69, 9.17) is 11.6 Å². The molecule has 0 radical (unpaired) electrons. The topological polar surface area (TPSA) is 93.3 Å². The van der Waals surface area contributed by atoms with E-state index in [-0.39, 0.29) is 27.6 Å². The summed E-state index contributed by atoms with van der Waals surface area (Å²) in [5.41, 5.74) is 2.97. The van der Waals surface area contributed by atoms with E-state index in [2.05, 4.69) is 4.72 Å². The van der Waals surface area contributed by atoms with Gasteiger partial charge in [-0.3, -0.25) is 4.57 Å². The van der Waals surface area contributed by atoms with Crippen molar-refractivity contribution in [2.45, 2.75) is 6.42 Å². The molecule has 1 aliphatic heterocycles. The van der Waals surface area contributed by atoms with Crippen LogP contribution in [0.5, 0.6) is 5.75 Å². The van der Waals surface area contributed by atoms with Crippen LogP contribution in [0.1, 0.15) is 12.0 Å². The van der Waals surface area contributed by atoms with Crippen LogP contribution in [-0.2, 0) is 17.1 Å². The lowest BCUT2D eigenvalue weighted by Crippen LogP contribution is -2.26. The van der Waals surface area contributed by atoms with Gasteiger partial charge in [0.2, 0.25) is 10.0 Å². The Bertz CT molecular complexity index is 1710. The monoisotopic (exact) mass is 525 g/mol. The van der Waals surface area contributed by atoms with Gasteiger partial charge in [-0.2, -0.15) is 0 Å². The molecule has 4 aromatic rings. The van der Waals surface area contributed by atoms with Crippen LogP contribution in [0.4, 0.5) is 4.39 Å². The van der Waals surface area contributed by atoms with Crippen LogP contribution in [0, 0.1) is 5.82 Å². The zero-order chi connectivity index (χ0) is 25.6. The smallest absolute Gasteiger partial charge is 0.332 e. The Kier molecular flexibility index (Phi) is 6.07. The third kappa shape index (κ3) is 4.48. The van der Waals surface area contributed by atoms with Crippen molar-refractivity contribution in [1.82, 2.24) is 13.9 Å². The molecule has 0 unspecified atom stereocenters. The number of halogens is 2. The quantitative estimate of drug-likeness (QED) is 0.405. The van der Waals surface area contributed by atoms with Crippen LogP contribution < -0.4 is 10.4 Å². The molecule has 36 heavy (non-hydrogen) atoms. The van der Waals surface area contributed by atoms with Crippen molar-refractivity contribution in [2.24, 2.45) is 7.05 Å². The zero-order valence-electron chi connectivity index (χ0n) is 19.1. The fourth-order valence-corrected chi connectivity index (χ4v) is 5.64. The van der Waals surface area contributed by atoms with Gasteiger partial charge in [-0.25, -0.2) is 22.3 Å². The summed E-state index contributed by atoms with van der Waals surface area (Å²) >= 11 is 6.47. The Balaban J connectivity index is 1.58. The van der Waals surface area contributed by atoms with Gasteiger partial charge in [0.25, 0.3) is 0 Å². The standard InChI is InChI=1S/C26H21ClFN3O4S/c1-30-9-10-31(26(30)33)24-6-5-18(12-23(24)27)22-14-20(28)13-21(25(22)32)17-4-2-3-16(11-17)19-7-8-29-36(34,35)15-19/h2-6,9-15,29,32H,7-8H2,1H3. The van der Waals surface area contributed by atoms with Crippen molar-refractivity contribution in [3.05, 3.63) is 99.3 Å². The molecule has 0 fully saturated rings. The molecule has 0 atom stereocenters. The first-order chi connectivity index (χ1) is 17.1. The highest BCUT2D eigenvalue weighted by Crippen LogP contribution is 2.41. The van der Waals surface area contributed by atoms with Gasteiger partial charge >= 0.3 is 5.69 Å². The van der Waals surface area contributed by atoms with E-state index in [1.165, 1.54) is 26.7 Å². The van der Waals surface area contributed by atoms with Gasteiger partial charge in [-0.05, 0) is 59.0 Å². The molecule has 0 saturated heterocycles. The fourth-order valence-electron chi connectivity index (χ4n) is 4.27. The number of imidazole rings is 1. The van der Waals surface area contributed by atoms with Gasteiger partial charge in [-0.1, -0.05) is 35.9 Å². The molecule has 5 rings (SSSR count). The first-order valence-electron chi connectivity index (χ1n) is 11.0. The van der Waals surface area contributed by atoms with E-state index in [1.807, 2.05) is 0 Å². The summed E-state index contributed by atoms with van der Waals surface area (Å²) in [5, 5.41) is 12.6. The number of nitrogens with zero attached hydrogens (tertiary/aromatic N) is 2. The zero-order valence-corrected chi connectivity index (χ0v) is 20.6. The predicted molar refractivity (Wildman–Crippen MR) is 138 cm³/mol. The molecule has 2 N–H and O–H groups in total. The highest BCUT2D eigenvalue weighted by molar-refractivity contribution is 7.92. The summed E-state index contributed by atoms with van der Waals surface area (Å²) in [6.45, 7) is 0.291. The highest BCUT2D eigenvalue weighted by atomic mass is 35.5. The Morgan fingerprint density at radius 3 is 2.33 bits per heavy atom. The number of hydrogen-bond acceptors (Lipinski definition) is 4. The van der Waals surface area contributed by atoms with Crippen molar-refractivity contribution >= 4 is 27.2 Å². The summed E-state index contributed by atoms with van der Waals surface area (Å²) < 4.78 is 43.9. The molecule has 1 aliphatic rings.